The Kier molecular flexibility index (Phi) is 5.15. The second-order valence-corrected chi connectivity index (χ2v) is 5.18. The second kappa shape index (κ2) is 6.17. The van der Waals surface area contributed by atoms with Crippen LogP contribution in [0.5, 0.6) is 0 Å². The van der Waals surface area contributed by atoms with Crippen molar-refractivity contribution in [3.63, 3.8) is 0 Å². The molecule has 3 nitrogen and oxygen atoms in total. The molecular formula is C13H19BrN2O. The average molecular weight is 299 g/mol. The molecule has 0 saturated heterocycles. The topological polar surface area (TPSA) is 55.1 Å². The maximum Gasteiger partial charge on any atom is 0.241 e. The van der Waals surface area contributed by atoms with Crippen molar-refractivity contribution < 1.29 is 4.79 Å². The summed E-state index contributed by atoms with van der Waals surface area (Å²) in [6.07, 6.45) is 1.61. The highest BCUT2D eigenvalue weighted by atomic mass is 79.9. The van der Waals surface area contributed by atoms with Crippen molar-refractivity contribution in [2.24, 2.45) is 5.73 Å². The standard InChI is InChI=1S/C13H19BrN2O/c1-4-5-11(15)13(17)16-12-9(3)6-8(2)7-10(12)14/h6-7,11H,4-5,15H2,1-3H3,(H,16,17)/t11-/m1/s1. The molecule has 0 aliphatic heterocycles. The van der Waals surface area contributed by atoms with Crippen molar-refractivity contribution >= 4 is 27.5 Å². The van der Waals surface area contributed by atoms with Crippen LogP contribution in [0.2, 0.25) is 0 Å². The highest BCUT2D eigenvalue weighted by Crippen LogP contribution is 2.27. The van der Waals surface area contributed by atoms with Gasteiger partial charge in [0.05, 0.1) is 11.7 Å². The molecule has 0 radical (unpaired) electrons. The quantitative estimate of drug-likeness (QED) is 0.897. The number of rotatable bonds is 4. The Balaban J connectivity index is 2.85. The fourth-order valence-corrected chi connectivity index (χ4v) is 2.50. The van der Waals surface area contributed by atoms with Crippen LogP contribution >= 0.6 is 15.9 Å². The van der Waals surface area contributed by atoms with Crippen LogP contribution in [0.4, 0.5) is 5.69 Å². The lowest BCUT2D eigenvalue weighted by Crippen LogP contribution is -2.35. The van der Waals surface area contributed by atoms with Gasteiger partial charge in [0.25, 0.3) is 0 Å². The van der Waals surface area contributed by atoms with Gasteiger partial charge in [-0.05, 0) is 53.4 Å². The van der Waals surface area contributed by atoms with Crippen molar-refractivity contribution in [3.8, 4) is 0 Å². The molecule has 1 aromatic carbocycles. The van der Waals surface area contributed by atoms with Crippen LogP contribution in [-0.2, 0) is 4.79 Å². The Morgan fingerprint density at radius 1 is 1.47 bits per heavy atom. The summed E-state index contributed by atoms with van der Waals surface area (Å²) >= 11 is 3.46. The monoisotopic (exact) mass is 298 g/mol. The Labute approximate surface area is 111 Å². The van der Waals surface area contributed by atoms with E-state index in [1.54, 1.807) is 0 Å². The van der Waals surface area contributed by atoms with Gasteiger partial charge in [0.15, 0.2) is 0 Å². The first kappa shape index (κ1) is 14.2. The third kappa shape index (κ3) is 3.82. The summed E-state index contributed by atoms with van der Waals surface area (Å²) in [5, 5.41) is 2.88. The number of carbonyl (C=O) groups excluding carboxylic acids is 1. The van der Waals surface area contributed by atoms with Crippen molar-refractivity contribution in [2.75, 3.05) is 5.32 Å². The van der Waals surface area contributed by atoms with E-state index >= 15 is 0 Å². The van der Waals surface area contributed by atoms with E-state index in [1.807, 2.05) is 32.9 Å². The molecule has 1 rings (SSSR count). The molecular weight excluding hydrogens is 280 g/mol. The Morgan fingerprint density at radius 3 is 2.65 bits per heavy atom. The van der Waals surface area contributed by atoms with Crippen molar-refractivity contribution in [1.82, 2.24) is 0 Å². The van der Waals surface area contributed by atoms with Gasteiger partial charge in [-0.2, -0.15) is 0 Å². The molecule has 0 spiro atoms. The summed E-state index contributed by atoms with van der Waals surface area (Å²) in [6, 6.07) is 3.58. The molecule has 0 aromatic heterocycles. The van der Waals surface area contributed by atoms with Gasteiger partial charge >= 0.3 is 0 Å². The Bertz CT molecular complexity index is 395. The number of amides is 1. The number of halogens is 1. The van der Waals surface area contributed by atoms with E-state index in [1.165, 1.54) is 0 Å². The van der Waals surface area contributed by atoms with Gasteiger partial charge in [0.2, 0.25) is 5.91 Å². The first-order chi connectivity index (χ1) is 7.95. The molecule has 0 bridgehead atoms. The third-order valence-electron chi connectivity index (χ3n) is 2.62. The molecule has 1 amide bonds. The Hall–Kier alpha value is -0.870. The zero-order valence-electron chi connectivity index (χ0n) is 10.5. The van der Waals surface area contributed by atoms with Gasteiger partial charge in [-0.15, -0.1) is 0 Å². The molecule has 1 atom stereocenters. The van der Waals surface area contributed by atoms with E-state index < -0.39 is 6.04 Å². The molecule has 0 unspecified atom stereocenters. The highest BCUT2D eigenvalue weighted by Gasteiger charge is 2.15. The molecule has 0 heterocycles. The molecule has 0 aliphatic carbocycles. The number of aryl methyl sites for hydroxylation is 2. The first-order valence-electron chi connectivity index (χ1n) is 5.79. The van der Waals surface area contributed by atoms with Gasteiger partial charge in [-0.1, -0.05) is 19.4 Å². The molecule has 0 fully saturated rings. The molecule has 4 heteroatoms. The van der Waals surface area contributed by atoms with E-state index in [0.29, 0.717) is 6.42 Å². The van der Waals surface area contributed by atoms with Crippen LogP contribution in [0.3, 0.4) is 0 Å². The van der Waals surface area contributed by atoms with E-state index in [2.05, 4.69) is 21.2 Å². The van der Waals surface area contributed by atoms with Crippen LogP contribution in [0.1, 0.15) is 30.9 Å². The molecule has 17 heavy (non-hydrogen) atoms. The lowest BCUT2D eigenvalue weighted by atomic mass is 10.1. The van der Waals surface area contributed by atoms with Gasteiger partial charge < -0.3 is 11.1 Å². The third-order valence-corrected chi connectivity index (χ3v) is 3.24. The highest BCUT2D eigenvalue weighted by molar-refractivity contribution is 9.10. The minimum absolute atomic E-state index is 0.125. The van der Waals surface area contributed by atoms with Crippen LogP contribution in [-0.4, -0.2) is 11.9 Å². The van der Waals surface area contributed by atoms with E-state index in [0.717, 1.165) is 27.7 Å². The number of carbonyl (C=O) groups is 1. The predicted octanol–water partition coefficient (Wildman–Crippen LogP) is 3.13. The second-order valence-electron chi connectivity index (χ2n) is 4.32. The van der Waals surface area contributed by atoms with E-state index in [4.69, 9.17) is 5.73 Å². The normalized spacial score (nSPS) is 12.3. The molecule has 0 aliphatic rings. The zero-order chi connectivity index (χ0) is 13.0. The van der Waals surface area contributed by atoms with Crippen LogP contribution in [0.15, 0.2) is 16.6 Å². The lowest BCUT2D eigenvalue weighted by Gasteiger charge is -2.15. The largest absolute Gasteiger partial charge is 0.323 e. The number of nitrogens with one attached hydrogen (secondary N) is 1. The smallest absolute Gasteiger partial charge is 0.241 e. The van der Waals surface area contributed by atoms with Crippen LogP contribution < -0.4 is 11.1 Å². The van der Waals surface area contributed by atoms with Gasteiger partial charge in [0.1, 0.15) is 0 Å². The van der Waals surface area contributed by atoms with Crippen LogP contribution in [0, 0.1) is 13.8 Å². The minimum Gasteiger partial charge on any atom is -0.323 e. The SMILES string of the molecule is CCC[C@@H](N)C(=O)Nc1c(C)cc(C)cc1Br. The number of hydrogen-bond donors (Lipinski definition) is 2. The minimum atomic E-state index is -0.437. The van der Waals surface area contributed by atoms with Gasteiger partial charge in [0, 0.05) is 4.47 Å². The number of nitrogens with two attached hydrogens (primary N) is 1. The fourth-order valence-electron chi connectivity index (χ4n) is 1.73. The zero-order valence-corrected chi connectivity index (χ0v) is 12.1. The number of hydrogen-bond acceptors (Lipinski definition) is 2. The van der Waals surface area contributed by atoms with Crippen LogP contribution in [0.25, 0.3) is 0 Å². The van der Waals surface area contributed by atoms with Gasteiger partial charge in [-0.25, -0.2) is 0 Å². The van der Waals surface area contributed by atoms with E-state index in [-0.39, 0.29) is 5.91 Å². The maximum absolute atomic E-state index is 11.8. The lowest BCUT2D eigenvalue weighted by molar-refractivity contribution is -0.117. The maximum atomic E-state index is 11.8. The average Bonchev–Trinajstić information content (AvgIpc) is 2.23. The summed E-state index contributed by atoms with van der Waals surface area (Å²) in [6.45, 7) is 6.01. The predicted molar refractivity (Wildman–Crippen MR) is 75.1 cm³/mol. The summed E-state index contributed by atoms with van der Waals surface area (Å²) in [5.74, 6) is -0.125. The molecule has 0 saturated carbocycles. The molecule has 94 valence electrons. The summed E-state index contributed by atoms with van der Waals surface area (Å²) < 4.78 is 0.895. The summed E-state index contributed by atoms with van der Waals surface area (Å²) in [7, 11) is 0. The van der Waals surface area contributed by atoms with E-state index in [9.17, 15) is 4.79 Å². The van der Waals surface area contributed by atoms with Gasteiger partial charge in [-0.3, -0.25) is 4.79 Å². The fraction of sp³-hybridized carbons (Fsp3) is 0.462. The molecule has 3 N–H and O–H groups in total. The number of anilines is 1. The molecule has 1 aromatic rings. The van der Waals surface area contributed by atoms with Crippen molar-refractivity contribution in [2.45, 2.75) is 39.7 Å². The number of benzene rings is 1. The van der Waals surface area contributed by atoms with Crippen molar-refractivity contribution in [1.29, 1.82) is 0 Å². The Morgan fingerprint density at radius 2 is 2.12 bits per heavy atom. The first-order valence-corrected chi connectivity index (χ1v) is 6.58. The summed E-state index contributed by atoms with van der Waals surface area (Å²) in [4.78, 5) is 11.8. The summed E-state index contributed by atoms with van der Waals surface area (Å²) in [5.41, 5.74) is 8.78. The van der Waals surface area contributed by atoms with Crippen molar-refractivity contribution in [3.05, 3.63) is 27.7 Å².